The van der Waals surface area contributed by atoms with E-state index in [4.69, 9.17) is 13.0 Å². The molecule has 0 radical (unpaired) electrons. The van der Waals surface area contributed by atoms with Crippen LogP contribution in [-0.2, 0) is 13.0 Å². The molecule has 3 nitrogen and oxygen atoms in total. The van der Waals surface area contributed by atoms with Crippen molar-refractivity contribution >= 4 is 34.7 Å². The first-order valence-corrected chi connectivity index (χ1v) is 24.8. The minimum Gasteiger partial charge on any atom is -0.455 e. The van der Waals surface area contributed by atoms with Crippen LogP contribution in [0.2, 0.25) is 64.5 Å². The highest BCUT2D eigenvalue weighted by Gasteiger charge is 2.32. The van der Waals surface area contributed by atoms with Crippen molar-refractivity contribution < 1.29 is 13.0 Å². The molecule has 0 saturated heterocycles. The molecule has 0 heterocycles. The van der Waals surface area contributed by atoms with Gasteiger partial charge in [0.05, 0.1) is 0 Å². The summed E-state index contributed by atoms with van der Waals surface area (Å²) in [6, 6.07) is 2.13. The van der Waals surface area contributed by atoms with Gasteiger partial charge in [-0.05, 0) is 75.3 Å². The average molecular weight is 531 g/mol. The van der Waals surface area contributed by atoms with Gasteiger partial charge in [-0.1, -0.05) is 65.8 Å². The van der Waals surface area contributed by atoms with E-state index in [0.717, 1.165) is 25.3 Å². The van der Waals surface area contributed by atoms with Crippen molar-refractivity contribution in [3.63, 3.8) is 0 Å². The predicted molar refractivity (Wildman–Crippen MR) is 159 cm³/mol. The second-order valence-corrected chi connectivity index (χ2v) is 27.1. The van der Waals surface area contributed by atoms with Gasteiger partial charge in [0, 0.05) is 25.0 Å². The van der Waals surface area contributed by atoms with Gasteiger partial charge >= 0.3 is 0 Å². The summed E-state index contributed by atoms with van der Waals surface area (Å²) in [7, 11) is -5.51. The van der Waals surface area contributed by atoms with Crippen LogP contribution in [0, 0.1) is 22.7 Å². The summed E-state index contributed by atoms with van der Waals surface area (Å²) < 4.78 is 19.0. The molecule has 0 spiro atoms. The van der Waals surface area contributed by atoms with E-state index >= 15 is 0 Å². The Morgan fingerprint density at radius 3 is 1.18 bits per heavy atom. The lowest BCUT2D eigenvalue weighted by Gasteiger charge is -2.34. The van der Waals surface area contributed by atoms with Gasteiger partial charge in [0.25, 0.3) is 0 Å². The van der Waals surface area contributed by atoms with Crippen molar-refractivity contribution in [2.24, 2.45) is 22.7 Å². The molecule has 0 aromatic carbocycles. The Balaban J connectivity index is 5.02. The molecule has 196 valence electrons. The first-order chi connectivity index (χ1) is 14.8. The highest BCUT2D eigenvalue weighted by molar-refractivity contribution is 6.85. The van der Waals surface area contributed by atoms with Crippen LogP contribution < -0.4 is 0 Å². The van der Waals surface area contributed by atoms with Gasteiger partial charge in [0.2, 0.25) is 0 Å². The fourth-order valence-electron chi connectivity index (χ4n) is 3.64. The third-order valence-corrected chi connectivity index (χ3v) is 14.5. The van der Waals surface area contributed by atoms with E-state index in [0.29, 0.717) is 11.8 Å². The summed E-state index contributed by atoms with van der Waals surface area (Å²) in [5, 5.41) is 0. The Bertz CT molecular complexity index is 548. The van der Waals surface area contributed by atoms with Gasteiger partial charge in [0.1, 0.15) is 0 Å². The first kappa shape index (κ1) is 33.2. The van der Waals surface area contributed by atoms with Crippen molar-refractivity contribution in [2.45, 2.75) is 106 Å². The normalized spacial score (nSPS) is 16.5. The minimum absolute atomic E-state index is 0.219. The van der Waals surface area contributed by atoms with Crippen LogP contribution in [0.1, 0.15) is 41.5 Å². The van der Waals surface area contributed by atoms with E-state index in [2.05, 4.69) is 118 Å². The van der Waals surface area contributed by atoms with Crippen LogP contribution in [0.3, 0.4) is 0 Å². The van der Waals surface area contributed by atoms with Crippen LogP contribution in [-0.4, -0.2) is 47.9 Å². The lowest BCUT2D eigenvalue weighted by Crippen LogP contribution is -2.43. The standard InChI is InChI=1S/C26H58O3Si4/c1-25(2,3)23(21-27-30(7)8)17-15-19-32(11,12)29-33(13,14)20-16-18-24(26(4,5)6)22-28-31(9)10/h15-18,23-24,30-31H,19-22H2,1-14H3. The molecule has 0 amide bonds. The molecule has 0 fully saturated rings. The summed E-state index contributed by atoms with van der Waals surface area (Å²) in [5.74, 6) is 0.909. The van der Waals surface area contributed by atoms with E-state index in [1.807, 2.05) is 0 Å². The van der Waals surface area contributed by atoms with E-state index in [-0.39, 0.29) is 10.8 Å². The molecule has 0 aliphatic carbocycles. The zero-order valence-electron chi connectivity index (χ0n) is 24.7. The summed E-state index contributed by atoms with van der Waals surface area (Å²) in [6.45, 7) is 34.0. The van der Waals surface area contributed by atoms with Gasteiger partial charge in [-0.3, -0.25) is 0 Å². The molecule has 0 rings (SSSR count). The van der Waals surface area contributed by atoms with Crippen LogP contribution in [0.25, 0.3) is 0 Å². The molecule has 0 aliphatic rings. The molecule has 0 bridgehead atoms. The molecular formula is C26H58O3Si4. The highest BCUT2D eigenvalue weighted by Crippen LogP contribution is 2.30. The molecule has 7 heteroatoms. The van der Waals surface area contributed by atoms with Crippen molar-refractivity contribution in [1.82, 2.24) is 0 Å². The quantitative estimate of drug-likeness (QED) is 0.169. The first-order valence-electron chi connectivity index (χ1n) is 13.0. The van der Waals surface area contributed by atoms with Crippen molar-refractivity contribution in [3.05, 3.63) is 24.3 Å². The fraction of sp³-hybridized carbons (Fsp3) is 0.846. The van der Waals surface area contributed by atoms with Gasteiger partial charge < -0.3 is 13.0 Å². The van der Waals surface area contributed by atoms with Crippen molar-refractivity contribution in [3.8, 4) is 0 Å². The van der Waals surface area contributed by atoms with Gasteiger partial charge in [-0.25, -0.2) is 0 Å². The van der Waals surface area contributed by atoms with Crippen LogP contribution in [0.15, 0.2) is 24.3 Å². The molecule has 0 aromatic heterocycles. The smallest absolute Gasteiger partial charge is 0.177 e. The highest BCUT2D eigenvalue weighted by atomic mass is 28.4. The van der Waals surface area contributed by atoms with E-state index in [1.54, 1.807) is 0 Å². The zero-order chi connectivity index (χ0) is 26.1. The molecule has 2 unspecified atom stereocenters. The lowest BCUT2D eigenvalue weighted by molar-refractivity contribution is 0.184. The minimum atomic E-state index is -1.76. The van der Waals surface area contributed by atoms with E-state index < -0.39 is 34.7 Å². The SMILES string of the molecule is C[SiH](C)OCC(C=CC[Si](C)(C)O[Si](C)(C)CC=CC(CO[SiH](C)C)C(C)(C)C)C(C)(C)C. The van der Waals surface area contributed by atoms with Crippen LogP contribution >= 0.6 is 0 Å². The number of hydrogen-bond acceptors (Lipinski definition) is 3. The maximum Gasteiger partial charge on any atom is 0.177 e. The largest absolute Gasteiger partial charge is 0.455 e. The van der Waals surface area contributed by atoms with Crippen LogP contribution in [0.5, 0.6) is 0 Å². The Morgan fingerprint density at radius 2 is 0.939 bits per heavy atom. The van der Waals surface area contributed by atoms with E-state index in [9.17, 15) is 0 Å². The summed E-state index contributed by atoms with van der Waals surface area (Å²) in [4.78, 5) is 0. The Kier molecular flexibility index (Phi) is 14.2. The molecule has 0 aromatic rings. The number of hydrogen-bond donors (Lipinski definition) is 0. The second kappa shape index (κ2) is 14.1. The van der Waals surface area contributed by atoms with Gasteiger partial charge in [0.15, 0.2) is 34.7 Å². The Hall–Kier alpha value is 0.228. The van der Waals surface area contributed by atoms with Crippen molar-refractivity contribution in [2.75, 3.05) is 13.2 Å². The van der Waals surface area contributed by atoms with Crippen LogP contribution in [0.4, 0.5) is 0 Å². The molecular weight excluding hydrogens is 473 g/mol. The molecule has 2 atom stereocenters. The summed E-state index contributed by atoms with van der Waals surface area (Å²) >= 11 is 0. The number of rotatable bonds is 14. The summed E-state index contributed by atoms with van der Waals surface area (Å²) in [5.41, 5.74) is 0.438. The number of allylic oxidation sites excluding steroid dienone is 2. The third-order valence-electron chi connectivity index (χ3n) is 5.95. The summed E-state index contributed by atoms with van der Waals surface area (Å²) in [6.07, 6.45) is 9.57. The molecule has 33 heavy (non-hydrogen) atoms. The maximum absolute atomic E-state index is 6.88. The van der Waals surface area contributed by atoms with E-state index in [1.165, 1.54) is 0 Å². The predicted octanol–water partition coefficient (Wildman–Crippen LogP) is 7.85. The topological polar surface area (TPSA) is 27.7 Å². The average Bonchev–Trinajstić information content (AvgIpc) is 2.57. The van der Waals surface area contributed by atoms with Crippen molar-refractivity contribution in [1.29, 1.82) is 0 Å². The zero-order valence-corrected chi connectivity index (χ0v) is 29.0. The second-order valence-electron chi connectivity index (χ2n) is 13.6. The monoisotopic (exact) mass is 530 g/mol. The third kappa shape index (κ3) is 16.5. The maximum atomic E-state index is 6.88. The molecule has 0 N–H and O–H groups in total. The lowest BCUT2D eigenvalue weighted by atomic mass is 9.81. The van der Waals surface area contributed by atoms with Gasteiger partial charge in [-0.2, -0.15) is 0 Å². The van der Waals surface area contributed by atoms with Gasteiger partial charge in [-0.15, -0.1) is 0 Å². The molecule has 0 aliphatic heterocycles. The Labute approximate surface area is 213 Å². The Morgan fingerprint density at radius 1 is 0.636 bits per heavy atom. The molecule has 0 saturated carbocycles. The fourth-order valence-corrected chi connectivity index (χ4v) is 12.9.